The monoisotopic (exact) mass is 465 g/mol. The van der Waals surface area contributed by atoms with Crippen molar-refractivity contribution in [1.82, 2.24) is 4.31 Å². The summed E-state index contributed by atoms with van der Waals surface area (Å²) in [5.41, 5.74) is 1.85. The summed E-state index contributed by atoms with van der Waals surface area (Å²) in [4.78, 5) is 12.1. The first kappa shape index (κ1) is 25.4. The fourth-order valence-corrected chi connectivity index (χ4v) is 5.24. The molecule has 0 saturated carbocycles. The van der Waals surface area contributed by atoms with E-state index in [-0.39, 0.29) is 22.4 Å². The average molecular weight is 466 g/mol. The number of aryl methyl sites for hydroxylation is 1. The van der Waals surface area contributed by atoms with E-state index in [1.165, 1.54) is 17.5 Å². The van der Waals surface area contributed by atoms with Gasteiger partial charge in [-0.1, -0.05) is 44.0 Å². The Morgan fingerprint density at radius 3 is 2.35 bits per heavy atom. The highest BCUT2D eigenvalue weighted by Gasteiger charge is 2.38. The van der Waals surface area contributed by atoms with Crippen molar-refractivity contribution in [2.24, 2.45) is 5.92 Å². The highest BCUT2D eigenvalue weighted by molar-refractivity contribution is 7.89. The molecule has 1 aliphatic rings. The van der Waals surface area contributed by atoms with Gasteiger partial charge in [0.05, 0.1) is 18.3 Å². The first-order valence-electron chi connectivity index (χ1n) is 10.5. The molecule has 0 spiro atoms. The van der Waals surface area contributed by atoms with E-state index in [1.54, 1.807) is 30.5 Å². The van der Waals surface area contributed by atoms with Crippen LogP contribution in [0.1, 0.15) is 32.8 Å². The van der Waals surface area contributed by atoms with Crippen LogP contribution < -0.4 is 0 Å². The van der Waals surface area contributed by atoms with Crippen molar-refractivity contribution < 1.29 is 22.4 Å². The molecule has 8 heteroatoms. The van der Waals surface area contributed by atoms with Crippen molar-refractivity contribution >= 4 is 24.3 Å². The molecule has 1 aromatic carbocycles. The molecule has 1 unspecified atom stereocenters. The van der Waals surface area contributed by atoms with Gasteiger partial charge in [0.25, 0.3) is 0 Å². The van der Waals surface area contributed by atoms with E-state index in [0.717, 1.165) is 11.1 Å². The Morgan fingerprint density at radius 1 is 1.19 bits per heavy atom. The molecular weight excluding hydrogens is 430 g/mol. The van der Waals surface area contributed by atoms with Crippen LogP contribution in [0.25, 0.3) is 0 Å². The van der Waals surface area contributed by atoms with Crippen LogP contribution in [-0.4, -0.2) is 47.2 Å². The summed E-state index contributed by atoms with van der Waals surface area (Å²) < 4.78 is 38.7. The number of nitrogens with zero attached hydrogens (tertiary/aromatic N) is 1. The second kappa shape index (κ2) is 9.71. The molecule has 6 nitrogen and oxygen atoms in total. The molecule has 1 heterocycles. The molecule has 1 atom stereocenters. The Kier molecular flexibility index (Phi) is 7.94. The van der Waals surface area contributed by atoms with Crippen molar-refractivity contribution in [3.63, 3.8) is 0 Å². The topological polar surface area (TPSA) is 72.9 Å². The van der Waals surface area contributed by atoms with Crippen LogP contribution in [-0.2, 0) is 24.0 Å². The summed E-state index contributed by atoms with van der Waals surface area (Å²) in [6.45, 7) is 13.3. The van der Waals surface area contributed by atoms with Gasteiger partial charge < -0.3 is 9.16 Å². The lowest BCUT2D eigenvalue weighted by Gasteiger charge is -2.36. The summed E-state index contributed by atoms with van der Waals surface area (Å²) in [6, 6.07) is 6.86. The van der Waals surface area contributed by atoms with Gasteiger partial charge in [-0.15, -0.1) is 0 Å². The van der Waals surface area contributed by atoms with Gasteiger partial charge in [0.15, 0.2) is 0 Å². The van der Waals surface area contributed by atoms with Crippen molar-refractivity contribution in [1.29, 1.82) is 0 Å². The molecule has 1 saturated heterocycles. The van der Waals surface area contributed by atoms with E-state index in [0.29, 0.717) is 13.0 Å². The minimum atomic E-state index is -3.62. The number of ether oxygens (including phenoxy) is 1. The Hall–Kier alpha value is -1.90. The molecule has 0 N–H and O–H groups in total. The van der Waals surface area contributed by atoms with Crippen LogP contribution in [0.3, 0.4) is 0 Å². The standard InChI is InChI=1S/C23H35NO5SSi/c1-18-8-10-21(11-9-18)30(26,27)24-14-12-19(16-22(25)28-5)20(17-24)13-15-29-31(6,7)23(2,3)4/h8-11,13,15-16,20H,12,14,17H2,1-7H3/b15-13+,19-16+. The van der Waals surface area contributed by atoms with Gasteiger partial charge in [0, 0.05) is 25.1 Å². The lowest BCUT2D eigenvalue weighted by Crippen LogP contribution is -2.41. The third-order valence-electron chi connectivity index (χ3n) is 6.17. The summed E-state index contributed by atoms with van der Waals surface area (Å²) in [7, 11) is -4.28. The normalized spacial score (nSPS) is 20.2. The number of piperidine rings is 1. The predicted octanol–water partition coefficient (Wildman–Crippen LogP) is 4.64. The molecule has 0 bridgehead atoms. The Balaban J connectivity index is 2.29. The zero-order chi connectivity index (χ0) is 23.4. The molecule has 2 rings (SSSR count). The Labute approximate surface area is 188 Å². The molecular formula is C23H35NO5SSi. The Bertz CT molecular complexity index is 943. The fourth-order valence-electron chi connectivity index (χ4n) is 3.00. The Morgan fingerprint density at radius 2 is 1.81 bits per heavy atom. The van der Waals surface area contributed by atoms with Crippen LogP contribution >= 0.6 is 0 Å². The molecule has 172 valence electrons. The quantitative estimate of drug-likeness (QED) is 0.265. The maximum atomic E-state index is 13.2. The maximum Gasteiger partial charge on any atom is 0.330 e. The largest absolute Gasteiger partial charge is 0.549 e. The molecule has 0 aromatic heterocycles. The highest BCUT2D eigenvalue weighted by atomic mass is 32.2. The van der Waals surface area contributed by atoms with Crippen molar-refractivity contribution in [3.05, 3.63) is 53.8 Å². The summed E-state index contributed by atoms with van der Waals surface area (Å²) >= 11 is 0. The third kappa shape index (κ3) is 6.30. The number of carbonyl (C=O) groups excluding carboxylic acids is 1. The number of sulfonamides is 1. The molecule has 0 aliphatic carbocycles. The minimum Gasteiger partial charge on any atom is -0.549 e. The summed E-state index contributed by atoms with van der Waals surface area (Å²) in [6.07, 6.45) is 5.48. The SMILES string of the molecule is COC(=O)/C=C1\CCN(S(=O)(=O)c2ccc(C)cc2)CC1/C=C/O[Si](C)(C)C(C)(C)C. The van der Waals surface area contributed by atoms with Crippen LogP contribution in [0.4, 0.5) is 0 Å². The predicted molar refractivity (Wildman–Crippen MR) is 126 cm³/mol. The number of methoxy groups -OCH3 is 1. The maximum absolute atomic E-state index is 13.2. The zero-order valence-electron chi connectivity index (χ0n) is 19.6. The summed E-state index contributed by atoms with van der Waals surface area (Å²) in [5.74, 6) is -0.702. The van der Waals surface area contributed by atoms with Crippen molar-refractivity contribution in [2.45, 2.75) is 57.1 Å². The van der Waals surface area contributed by atoms with Crippen LogP contribution in [0.5, 0.6) is 0 Å². The summed E-state index contributed by atoms with van der Waals surface area (Å²) in [5, 5.41) is 0.0510. The number of rotatable bonds is 6. The highest BCUT2D eigenvalue weighted by Crippen LogP contribution is 2.37. The molecule has 1 aromatic rings. The number of esters is 1. The van der Waals surface area contributed by atoms with Crippen molar-refractivity contribution in [2.75, 3.05) is 20.2 Å². The lowest BCUT2D eigenvalue weighted by atomic mass is 9.92. The lowest BCUT2D eigenvalue weighted by molar-refractivity contribution is -0.134. The zero-order valence-corrected chi connectivity index (χ0v) is 21.5. The van der Waals surface area contributed by atoms with Crippen molar-refractivity contribution in [3.8, 4) is 0 Å². The molecule has 31 heavy (non-hydrogen) atoms. The van der Waals surface area contributed by atoms with Gasteiger partial charge >= 0.3 is 5.97 Å². The number of hydrogen-bond donors (Lipinski definition) is 0. The molecule has 1 fully saturated rings. The smallest absolute Gasteiger partial charge is 0.330 e. The number of benzene rings is 1. The van der Waals surface area contributed by atoms with E-state index in [1.807, 2.05) is 13.0 Å². The minimum absolute atomic E-state index is 0.0510. The van der Waals surface area contributed by atoms with E-state index < -0.39 is 24.3 Å². The van der Waals surface area contributed by atoms with Gasteiger partial charge in [0.1, 0.15) is 0 Å². The van der Waals surface area contributed by atoms with Crippen LogP contribution in [0.15, 0.2) is 53.1 Å². The third-order valence-corrected chi connectivity index (χ3v) is 12.4. The van der Waals surface area contributed by atoms with Gasteiger partial charge in [-0.3, -0.25) is 0 Å². The van der Waals surface area contributed by atoms with Gasteiger partial charge in [0.2, 0.25) is 18.3 Å². The first-order valence-corrected chi connectivity index (χ1v) is 14.8. The van der Waals surface area contributed by atoms with Gasteiger partial charge in [-0.05, 0) is 49.7 Å². The van der Waals surface area contributed by atoms with Crippen LogP contribution in [0.2, 0.25) is 18.1 Å². The van der Waals surface area contributed by atoms with E-state index in [2.05, 4.69) is 33.9 Å². The first-order chi connectivity index (χ1) is 14.3. The molecule has 0 radical (unpaired) electrons. The number of hydrogen-bond acceptors (Lipinski definition) is 5. The molecule has 1 aliphatic heterocycles. The number of carbonyl (C=O) groups is 1. The second-order valence-electron chi connectivity index (χ2n) is 9.48. The van der Waals surface area contributed by atoms with E-state index in [4.69, 9.17) is 9.16 Å². The van der Waals surface area contributed by atoms with Crippen LogP contribution in [0, 0.1) is 12.8 Å². The van der Waals surface area contributed by atoms with Gasteiger partial charge in [-0.25, -0.2) is 13.2 Å². The molecule has 0 amide bonds. The van der Waals surface area contributed by atoms with E-state index in [9.17, 15) is 13.2 Å². The fraction of sp³-hybridized carbons (Fsp3) is 0.522. The average Bonchev–Trinajstić information content (AvgIpc) is 2.68. The second-order valence-corrected chi connectivity index (χ2v) is 16.2. The van der Waals surface area contributed by atoms with E-state index >= 15 is 0 Å². The van der Waals surface area contributed by atoms with Gasteiger partial charge in [-0.2, -0.15) is 4.31 Å².